The number of carbonyl (C=O) groups excluding carboxylic acids is 2. The Balaban J connectivity index is 1.87. The van der Waals surface area contributed by atoms with Gasteiger partial charge < -0.3 is 14.8 Å². The quantitative estimate of drug-likeness (QED) is 0.808. The highest BCUT2D eigenvalue weighted by Crippen LogP contribution is 2.24. The molecule has 0 aromatic heterocycles. The molecule has 1 aromatic rings. The van der Waals surface area contributed by atoms with Gasteiger partial charge in [0.1, 0.15) is 11.3 Å². The summed E-state index contributed by atoms with van der Waals surface area (Å²) in [6.07, 6.45) is 4.19. The van der Waals surface area contributed by atoms with Gasteiger partial charge in [-0.05, 0) is 30.9 Å². The Kier molecular flexibility index (Phi) is 6.52. The minimum atomic E-state index is -3.05. The molecule has 1 aromatic carbocycles. The Morgan fingerprint density at radius 1 is 1.25 bits per heavy atom. The van der Waals surface area contributed by atoms with Crippen LogP contribution in [0.1, 0.15) is 43.0 Å². The third-order valence-corrected chi connectivity index (χ3v) is 4.12. The molecule has 1 amide bonds. The first-order chi connectivity index (χ1) is 11.5. The number of nitrogens with one attached hydrogen (secondary N) is 1. The Bertz CT molecular complexity index is 579. The van der Waals surface area contributed by atoms with E-state index in [1.165, 1.54) is 24.3 Å². The molecule has 1 fully saturated rings. The second kappa shape index (κ2) is 8.61. The summed E-state index contributed by atoms with van der Waals surface area (Å²) < 4.78 is 33.9. The average Bonchev–Trinajstić information content (AvgIpc) is 2.55. The fourth-order valence-electron chi connectivity index (χ4n) is 2.82. The van der Waals surface area contributed by atoms with Gasteiger partial charge in [-0.3, -0.25) is 4.79 Å². The number of halogens is 2. The van der Waals surface area contributed by atoms with Crippen molar-refractivity contribution in [2.75, 3.05) is 6.61 Å². The van der Waals surface area contributed by atoms with Crippen molar-refractivity contribution in [2.24, 2.45) is 5.92 Å². The molecule has 1 N–H and O–H groups in total. The van der Waals surface area contributed by atoms with Gasteiger partial charge in [-0.25, -0.2) is 4.79 Å². The molecule has 0 aliphatic heterocycles. The molecule has 0 saturated heterocycles. The summed E-state index contributed by atoms with van der Waals surface area (Å²) in [5.41, 5.74) is -0.142. The van der Waals surface area contributed by atoms with Gasteiger partial charge in [-0.1, -0.05) is 31.9 Å². The largest absolute Gasteiger partial charge is 0.452 e. The predicted octanol–water partition coefficient (Wildman–Crippen LogP) is 3.14. The first-order valence-electron chi connectivity index (χ1n) is 7.97. The molecule has 0 radical (unpaired) electrons. The molecule has 0 bridgehead atoms. The lowest BCUT2D eigenvalue weighted by molar-refractivity contribution is -0.125. The van der Waals surface area contributed by atoms with Crippen LogP contribution >= 0.6 is 0 Å². The maximum absolute atomic E-state index is 12.3. The topological polar surface area (TPSA) is 64.6 Å². The maximum atomic E-state index is 12.3. The third-order valence-electron chi connectivity index (χ3n) is 4.12. The summed E-state index contributed by atoms with van der Waals surface area (Å²) >= 11 is 0. The van der Waals surface area contributed by atoms with Crippen molar-refractivity contribution in [1.29, 1.82) is 0 Å². The number of ether oxygens (including phenoxy) is 2. The van der Waals surface area contributed by atoms with Crippen LogP contribution in [0.5, 0.6) is 5.75 Å². The van der Waals surface area contributed by atoms with Crippen molar-refractivity contribution in [1.82, 2.24) is 5.32 Å². The van der Waals surface area contributed by atoms with Crippen LogP contribution in [0.4, 0.5) is 8.78 Å². The van der Waals surface area contributed by atoms with Gasteiger partial charge in [-0.2, -0.15) is 8.78 Å². The van der Waals surface area contributed by atoms with E-state index in [1.54, 1.807) is 0 Å². The molecule has 0 spiro atoms. The second-order valence-corrected chi connectivity index (χ2v) is 5.89. The molecule has 132 valence electrons. The van der Waals surface area contributed by atoms with E-state index in [1.807, 2.05) is 0 Å². The summed E-state index contributed by atoms with van der Waals surface area (Å²) in [7, 11) is 0. The molecule has 2 atom stereocenters. The van der Waals surface area contributed by atoms with Crippen molar-refractivity contribution >= 4 is 11.9 Å². The highest BCUT2D eigenvalue weighted by atomic mass is 19.3. The monoisotopic (exact) mass is 341 g/mol. The van der Waals surface area contributed by atoms with Crippen molar-refractivity contribution < 1.29 is 27.8 Å². The molecule has 24 heavy (non-hydrogen) atoms. The summed E-state index contributed by atoms with van der Waals surface area (Å²) in [5, 5.41) is 2.85. The summed E-state index contributed by atoms with van der Waals surface area (Å²) in [4.78, 5) is 23.9. The van der Waals surface area contributed by atoms with E-state index >= 15 is 0 Å². The van der Waals surface area contributed by atoms with E-state index in [0.717, 1.165) is 25.7 Å². The van der Waals surface area contributed by atoms with Crippen LogP contribution in [0, 0.1) is 5.92 Å². The molecular formula is C17H21F2NO4. The molecule has 0 unspecified atom stereocenters. The number of alkyl halides is 2. The van der Waals surface area contributed by atoms with Gasteiger partial charge >= 0.3 is 12.6 Å². The van der Waals surface area contributed by atoms with Crippen molar-refractivity contribution in [2.45, 2.75) is 45.3 Å². The second-order valence-electron chi connectivity index (χ2n) is 5.89. The normalized spacial score (nSPS) is 20.5. The van der Waals surface area contributed by atoms with Crippen molar-refractivity contribution in [3.8, 4) is 5.75 Å². The Morgan fingerprint density at radius 3 is 2.67 bits per heavy atom. The smallest absolute Gasteiger partial charge is 0.387 e. The first-order valence-corrected chi connectivity index (χ1v) is 7.97. The molecule has 2 rings (SSSR count). The zero-order chi connectivity index (χ0) is 17.5. The zero-order valence-electron chi connectivity index (χ0n) is 13.5. The van der Waals surface area contributed by atoms with Gasteiger partial charge in [0.05, 0.1) is 0 Å². The summed E-state index contributed by atoms with van der Waals surface area (Å²) in [6.45, 7) is -1.42. The van der Waals surface area contributed by atoms with Gasteiger partial charge in [-0.15, -0.1) is 0 Å². The molecule has 1 aliphatic carbocycles. The predicted molar refractivity (Wildman–Crippen MR) is 82.9 cm³/mol. The molecule has 7 heteroatoms. The number of benzene rings is 1. The fraction of sp³-hybridized carbons (Fsp3) is 0.529. The average molecular weight is 341 g/mol. The van der Waals surface area contributed by atoms with E-state index in [4.69, 9.17) is 4.74 Å². The van der Waals surface area contributed by atoms with E-state index in [9.17, 15) is 18.4 Å². The molecule has 1 saturated carbocycles. The van der Waals surface area contributed by atoms with Gasteiger partial charge in [0.25, 0.3) is 5.91 Å². The lowest BCUT2D eigenvalue weighted by Gasteiger charge is -2.29. The van der Waals surface area contributed by atoms with E-state index in [-0.39, 0.29) is 17.4 Å². The number of hydrogen-bond acceptors (Lipinski definition) is 4. The molecule has 0 heterocycles. The zero-order valence-corrected chi connectivity index (χ0v) is 13.5. The highest BCUT2D eigenvalue weighted by Gasteiger charge is 2.23. The Labute approximate surface area is 139 Å². The lowest BCUT2D eigenvalue weighted by Crippen LogP contribution is -2.42. The van der Waals surface area contributed by atoms with E-state index in [2.05, 4.69) is 17.0 Å². The number of rotatable bonds is 6. The Hall–Kier alpha value is -2.18. The lowest BCUT2D eigenvalue weighted by atomic mass is 9.86. The molecule has 1 aliphatic rings. The number of para-hydroxylation sites is 1. The van der Waals surface area contributed by atoms with Crippen LogP contribution in [0.2, 0.25) is 0 Å². The van der Waals surface area contributed by atoms with Crippen LogP contribution in [-0.2, 0) is 9.53 Å². The minimum Gasteiger partial charge on any atom is -0.452 e. The van der Waals surface area contributed by atoms with Gasteiger partial charge in [0, 0.05) is 6.04 Å². The number of carbonyl (C=O) groups is 2. The van der Waals surface area contributed by atoms with Crippen LogP contribution < -0.4 is 10.1 Å². The van der Waals surface area contributed by atoms with Crippen molar-refractivity contribution in [3.05, 3.63) is 29.8 Å². The number of amides is 1. The highest BCUT2D eigenvalue weighted by molar-refractivity contribution is 5.94. The minimum absolute atomic E-state index is 0.0828. The van der Waals surface area contributed by atoms with Crippen LogP contribution in [0.25, 0.3) is 0 Å². The third kappa shape index (κ3) is 5.18. The molecular weight excluding hydrogens is 320 g/mol. The van der Waals surface area contributed by atoms with Gasteiger partial charge in [0.15, 0.2) is 6.61 Å². The standard InChI is InChI=1S/C17H21F2NO4/c1-11-6-2-4-8-13(11)20-15(21)10-23-16(22)12-7-3-5-9-14(12)24-17(18)19/h3,5,7,9,11,13,17H,2,4,6,8,10H2,1H3,(H,20,21)/t11-,13-/m1/s1. The van der Waals surface area contributed by atoms with Crippen LogP contribution in [0.15, 0.2) is 24.3 Å². The van der Waals surface area contributed by atoms with E-state index in [0.29, 0.717) is 5.92 Å². The van der Waals surface area contributed by atoms with Crippen LogP contribution in [0.3, 0.4) is 0 Å². The van der Waals surface area contributed by atoms with E-state index < -0.39 is 25.1 Å². The summed E-state index contributed by atoms with van der Waals surface area (Å²) in [6, 6.07) is 5.59. The molecule has 5 nitrogen and oxygen atoms in total. The van der Waals surface area contributed by atoms with Crippen LogP contribution in [-0.4, -0.2) is 31.1 Å². The van der Waals surface area contributed by atoms with Crippen molar-refractivity contribution in [3.63, 3.8) is 0 Å². The maximum Gasteiger partial charge on any atom is 0.387 e. The number of hydrogen-bond donors (Lipinski definition) is 1. The first kappa shape index (κ1) is 18.2. The Morgan fingerprint density at radius 2 is 1.96 bits per heavy atom. The SMILES string of the molecule is C[C@@H]1CCCC[C@H]1NC(=O)COC(=O)c1ccccc1OC(F)F. The fourth-order valence-corrected chi connectivity index (χ4v) is 2.82. The number of esters is 1. The van der Waals surface area contributed by atoms with Gasteiger partial charge in [0.2, 0.25) is 0 Å². The summed E-state index contributed by atoms with van der Waals surface area (Å²) in [5.74, 6) is -1.16.